The summed E-state index contributed by atoms with van der Waals surface area (Å²) in [6, 6.07) is 2.32. The number of carbonyl (C=O) groups is 1. The van der Waals surface area contributed by atoms with Crippen LogP contribution in [-0.4, -0.2) is 19.0 Å². The van der Waals surface area contributed by atoms with Gasteiger partial charge in [-0.3, -0.25) is 4.79 Å². The van der Waals surface area contributed by atoms with Crippen molar-refractivity contribution in [1.29, 1.82) is 0 Å². The second kappa shape index (κ2) is 5.10. The summed E-state index contributed by atoms with van der Waals surface area (Å²) < 4.78 is 26.1. The van der Waals surface area contributed by atoms with Crippen LogP contribution in [-0.2, 0) is 4.79 Å². The van der Waals surface area contributed by atoms with E-state index in [0.717, 1.165) is 19.0 Å². The number of nitrogens with one attached hydrogen (secondary N) is 2. The largest absolute Gasteiger partial charge is 0.326 e. The lowest BCUT2D eigenvalue weighted by atomic mass is 10.1. The van der Waals surface area contributed by atoms with Crippen LogP contribution in [0.5, 0.6) is 0 Å². The summed E-state index contributed by atoms with van der Waals surface area (Å²) in [5.41, 5.74) is 0.257. The molecule has 2 N–H and O–H groups in total. The van der Waals surface area contributed by atoms with E-state index in [1.165, 1.54) is 6.07 Å². The van der Waals surface area contributed by atoms with Gasteiger partial charge in [-0.15, -0.1) is 0 Å². The molecular formula is C11H11BrF2N2O. The van der Waals surface area contributed by atoms with Crippen molar-refractivity contribution in [2.45, 2.75) is 6.42 Å². The van der Waals surface area contributed by atoms with Crippen molar-refractivity contribution in [2.75, 3.05) is 18.4 Å². The van der Waals surface area contributed by atoms with E-state index in [4.69, 9.17) is 0 Å². The second-order valence-corrected chi connectivity index (χ2v) is 4.79. The summed E-state index contributed by atoms with van der Waals surface area (Å²) in [6.45, 7) is 1.43. The van der Waals surface area contributed by atoms with E-state index in [2.05, 4.69) is 26.6 Å². The molecule has 1 fully saturated rings. The quantitative estimate of drug-likeness (QED) is 0.823. The van der Waals surface area contributed by atoms with Gasteiger partial charge >= 0.3 is 0 Å². The first kappa shape index (κ1) is 12.4. The van der Waals surface area contributed by atoms with E-state index in [0.29, 0.717) is 6.54 Å². The number of halogens is 3. The minimum Gasteiger partial charge on any atom is -0.326 e. The van der Waals surface area contributed by atoms with E-state index in [-0.39, 0.29) is 22.0 Å². The molecule has 2 rings (SSSR count). The molecule has 1 heterocycles. The molecule has 1 saturated heterocycles. The van der Waals surface area contributed by atoms with Crippen molar-refractivity contribution in [3.8, 4) is 0 Å². The van der Waals surface area contributed by atoms with Crippen LogP contribution in [0, 0.1) is 17.6 Å². The highest BCUT2D eigenvalue weighted by Crippen LogP contribution is 2.24. The summed E-state index contributed by atoms with van der Waals surface area (Å²) in [7, 11) is 0. The Morgan fingerprint density at radius 2 is 2.24 bits per heavy atom. The molecule has 1 amide bonds. The summed E-state index contributed by atoms with van der Waals surface area (Å²) in [5, 5.41) is 5.64. The van der Waals surface area contributed by atoms with Gasteiger partial charge in [0.25, 0.3) is 0 Å². The first-order valence-electron chi connectivity index (χ1n) is 5.24. The van der Waals surface area contributed by atoms with Crippen LogP contribution >= 0.6 is 15.9 Å². The average molecular weight is 305 g/mol. The van der Waals surface area contributed by atoms with Gasteiger partial charge in [0.1, 0.15) is 0 Å². The van der Waals surface area contributed by atoms with Crippen molar-refractivity contribution in [3.05, 3.63) is 28.2 Å². The number of hydrogen-bond donors (Lipinski definition) is 2. The Bertz CT molecular complexity index is 424. The summed E-state index contributed by atoms with van der Waals surface area (Å²) in [5.74, 6) is -2.22. The van der Waals surface area contributed by atoms with Crippen LogP contribution in [0.25, 0.3) is 0 Å². The molecule has 0 saturated carbocycles. The Balaban J connectivity index is 2.10. The Morgan fingerprint density at radius 1 is 1.47 bits per heavy atom. The monoisotopic (exact) mass is 304 g/mol. The molecule has 0 spiro atoms. The zero-order chi connectivity index (χ0) is 12.4. The second-order valence-electron chi connectivity index (χ2n) is 3.93. The fourth-order valence-electron chi connectivity index (χ4n) is 1.75. The SMILES string of the molecule is O=C(Nc1cc(F)c(F)c(Br)c1)[C@H]1CCNC1. The molecular weight excluding hydrogens is 294 g/mol. The van der Waals surface area contributed by atoms with Crippen LogP contribution in [0.4, 0.5) is 14.5 Å². The number of benzene rings is 1. The normalized spacial score (nSPS) is 19.4. The van der Waals surface area contributed by atoms with E-state index in [9.17, 15) is 13.6 Å². The van der Waals surface area contributed by atoms with Crippen LogP contribution in [0.2, 0.25) is 0 Å². The molecule has 0 aromatic heterocycles. The molecule has 3 nitrogen and oxygen atoms in total. The standard InChI is InChI=1S/C11H11BrF2N2O/c12-8-3-7(4-9(13)10(8)14)16-11(17)6-1-2-15-5-6/h3-4,6,15H,1-2,5H2,(H,16,17)/t6-/m0/s1. The lowest BCUT2D eigenvalue weighted by Crippen LogP contribution is -2.24. The number of hydrogen-bond acceptors (Lipinski definition) is 2. The van der Waals surface area contributed by atoms with Gasteiger partial charge in [-0.25, -0.2) is 8.78 Å². The number of rotatable bonds is 2. The summed E-state index contributed by atoms with van der Waals surface area (Å²) in [6.07, 6.45) is 0.761. The predicted molar refractivity (Wildman–Crippen MR) is 63.7 cm³/mol. The Morgan fingerprint density at radius 3 is 2.82 bits per heavy atom. The van der Waals surface area contributed by atoms with Gasteiger partial charge in [-0.05, 0) is 35.0 Å². The molecule has 0 aliphatic carbocycles. The maximum atomic E-state index is 13.1. The van der Waals surface area contributed by atoms with Crippen molar-refractivity contribution < 1.29 is 13.6 Å². The van der Waals surface area contributed by atoms with Crippen molar-refractivity contribution in [1.82, 2.24) is 5.32 Å². The number of anilines is 1. The number of carbonyl (C=O) groups excluding carboxylic acids is 1. The molecule has 0 bridgehead atoms. The van der Waals surface area contributed by atoms with Gasteiger partial charge in [0.05, 0.1) is 10.4 Å². The van der Waals surface area contributed by atoms with E-state index >= 15 is 0 Å². The first-order valence-corrected chi connectivity index (χ1v) is 6.03. The van der Waals surface area contributed by atoms with Gasteiger partial charge in [-0.2, -0.15) is 0 Å². The summed E-state index contributed by atoms with van der Waals surface area (Å²) in [4.78, 5) is 11.7. The van der Waals surface area contributed by atoms with Gasteiger partial charge in [-0.1, -0.05) is 0 Å². The number of amides is 1. The highest BCUT2D eigenvalue weighted by molar-refractivity contribution is 9.10. The molecule has 92 valence electrons. The molecule has 1 aliphatic rings. The van der Waals surface area contributed by atoms with Crippen molar-refractivity contribution in [3.63, 3.8) is 0 Å². The van der Waals surface area contributed by atoms with Gasteiger partial charge in [0, 0.05) is 18.3 Å². The minimum absolute atomic E-state index is 0.00246. The Kier molecular flexibility index (Phi) is 3.73. The minimum atomic E-state index is -0.987. The molecule has 1 aromatic carbocycles. The van der Waals surface area contributed by atoms with Crippen LogP contribution in [0.3, 0.4) is 0 Å². The highest BCUT2D eigenvalue weighted by Gasteiger charge is 2.22. The van der Waals surface area contributed by atoms with Crippen molar-refractivity contribution >= 4 is 27.5 Å². The molecule has 1 aliphatic heterocycles. The Labute approximate surface area is 106 Å². The maximum absolute atomic E-state index is 13.1. The molecule has 0 unspecified atom stereocenters. The zero-order valence-electron chi connectivity index (χ0n) is 8.90. The van der Waals surface area contributed by atoms with Gasteiger partial charge in [0.2, 0.25) is 5.91 Å². The fraction of sp³-hybridized carbons (Fsp3) is 0.364. The maximum Gasteiger partial charge on any atom is 0.228 e. The molecule has 17 heavy (non-hydrogen) atoms. The topological polar surface area (TPSA) is 41.1 Å². The molecule has 1 aromatic rings. The molecule has 1 atom stereocenters. The lowest BCUT2D eigenvalue weighted by Gasteiger charge is -2.10. The predicted octanol–water partition coefficient (Wildman–Crippen LogP) is 2.28. The smallest absolute Gasteiger partial charge is 0.228 e. The zero-order valence-corrected chi connectivity index (χ0v) is 10.5. The third-order valence-corrected chi connectivity index (χ3v) is 3.26. The third-order valence-electron chi connectivity index (χ3n) is 2.68. The van der Waals surface area contributed by atoms with E-state index < -0.39 is 11.6 Å². The summed E-state index contributed by atoms with van der Waals surface area (Å²) >= 11 is 2.89. The van der Waals surface area contributed by atoms with Crippen LogP contribution < -0.4 is 10.6 Å². The molecule has 6 heteroatoms. The first-order chi connectivity index (χ1) is 8.08. The van der Waals surface area contributed by atoms with E-state index in [1.54, 1.807) is 0 Å². The highest BCUT2D eigenvalue weighted by atomic mass is 79.9. The Hall–Kier alpha value is -1.01. The van der Waals surface area contributed by atoms with E-state index in [1.807, 2.05) is 0 Å². The van der Waals surface area contributed by atoms with Crippen LogP contribution in [0.1, 0.15) is 6.42 Å². The van der Waals surface area contributed by atoms with Crippen molar-refractivity contribution in [2.24, 2.45) is 5.92 Å². The molecule has 0 radical (unpaired) electrons. The fourth-order valence-corrected chi connectivity index (χ4v) is 2.19. The third kappa shape index (κ3) is 2.81. The van der Waals surface area contributed by atoms with Gasteiger partial charge in [0.15, 0.2) is 11.6 Å². The average Bonchev–Trinajstić information content (AvgIpc) is 2.79. The lowest BCUT2D eigenvalue weighted by molar-refractivity contribution is -0.119. The van der Waals surface area contributed by atoms with Crippen LogP contribution in [0.15, 0.2) is 16.6 Å². The van der Waals surface area contributed by atoms with Gasteiger partial charge < -0.3 is 10.6 Å².